The lowest BCUT2D eigenvalue weighted by Gasteiger charge is -2.25. The zero-order valence-corrected chi connectivity index (χ0v) is 14.3. The fourth-order valence-electron chi connectivity index (χ4n) is 1.89. The van der Waals surface area contributed by atoms with E-state index in [2.05, 4.69) is 18.6 Å². The number of hydrogen-bond acceptors (Lipinski definition) is 6. The smallest absolute Gasteiger partial charge is 0.305 e. The molecule has 132 valence electrons. The van der Waals surface area contributed by atoms with Crippen molar-refractivity contribution in [1.82, 2.24) is 0 Å². The Bertz CT molecular complexity index is 267. The first-order valence-electron chi connectivity index (χ1n) is 7.99. The second kappa shape index (κ2) is 13.9. The van der Waals surface area contributed by atoms with Gasteiger partial charge in [0.15, 0.2) is 0 Å². The molecule has 1 N–H and O–H groups in total. The van der Waals surface area contributed by atoms with Crippen molar-refractivity contribution in [2.24, 2.45) is 0 Å². The van der Waals surface area contributed by atoms with Gasteiger partial charge in [0.05, 0.1) is 39.1 Å². The maximum Gasteiger partial charge on any atom is 0.305 e. The van der Waals surface area contributed by atoms with E-state index in [0.29, 0.717) is 45.9 Å². The molecule has 0 bridgehead atoms. The van der Waals surface area contributed by atoms with Gasteiger partial charge in [-0.3, -0.25) is 4.79 Å². The molecule has 0 rings (SSSR count). The molecule has 0 aromatic rings. The number of aliphatic hydroxyl groups is 1. The number of carbonyl (C=O) groups excluding carboxylic acids is 1. The lowest BCUT2D eigenvalue weighted by Crippen LogP contribution is -2.26. The second-order valence-electron chi connectivity index (χ2n) is 5.69. The van der Waals surface area contributed by atoms with E-state index in [4.69, 9.17) is 19.3 Å². The number of ether oxygens (including phenoxy) is 4. The fourth-order valence-corrected chi connectivity index (χ4v) is 1.89. The SMILES string of the molecule is COC(=O)CCCOCCOC(C)(C)CCCCOCCO. The van der Waals surface area contributed by atoms with Gasteiger partial charge in [-0.1, -0.05) is 0 Å². The Labute approximate surface area is 134 Å². The number of esters is 1. The molecule has 6 nitrogen and oxygen atoms in total. The van der Waals surface area contributed by atoms with Crippen molar-refractivity contribution >= 4 is 5.97 Å². The summed E-state index contributed by atoms with van der Waals surface area (Å²) in [6.07, 6.45) is 4.01. The topological polar surface area (TPSA) is 74.2 Å². The molecule has 0 heterocycles. The summed E-state index contributed by atoms with van der Waals surface area (Å²) >= 11 is 0. The average Bonchev–Trinajstić information content (AvgIpc) is 2.49. The summed E-state index contributed by atoms with van der Waals surface area (Å²) in [5.41, 5.74) is -0.174. The highest BCUT2D eigenvalue weighted by Crippen LogP contribution is 2.17. The fraction of sp³-hybridized carbons (Fsp3) is 0.938. The minimum atomic E-state index is -0.205. The Hall–Kier alpha value is -0.690. The Balaban J connectivity index is 3.41. The molecule has 0 aliphatic carbocycles. The summed E-state index contributed by atoms with van der Waals surface area (Å²) in [6.45, 7) is 6.93. The van der Waals surface area contributed by atoms with Crippen LogP contribution in [0, 0.1) is 0 Å². The Morgan fingerprint density at radius 2 is 1.64 bits per heavy atom. The molecule has 6 heteroatoms. The van der Waals surface area contributed by atoms with Gasteiger partial charge in [0.2, 0.25) is 0 Å². The maximum atomic E-state index is 10.9. The van der Waals surface area contributed by atoms with Crippen molar-refractivity contribution < 1.29 is 28.8 Å². The van der Waals surface area contributed by atoms with Crippen LogP contribution in [-0.2, 0) is 23.7 Å². The quantitative estimate of drug-likeness (QED) is 0.367. The zero-order chi connectivity index (χ0) is 16.7. The van der Waals surface area contributed by atoms with E-state index in [1.807, 2.05) is 0 Å². The van der Waals surface area contributed by atoms with Gasteiger partial charge in [-0.05, 0) is 39.5 Å². The van der Waals surface area contributed by atoms with Crippen LogP contribution in [0.3, 0.4) is 0 Å². The van der Waals surface area contributed by atoms with Crippen molar-refractivity contribution in [2.75, 3.05) is 46.8 Å². The van der Waals surface area contributed by atoms with Crippen LogP contribution in [0.1, 0.15) is 46.0 Å². The third kappa shape index (κ3) is 14.3. The molecular formula is C16H32O6. The summed E-state index contributed by atoms with van der Waals surface area (Å²) in [6, 6.07) is 0. The summed E-state index contributed by atoms with van der Waals surface area (Å²) in [5, 5.41) is 8.59. The molecule has 0 unspecified atom stereocenters. The molecule has 0 aliphatic rings. The molecule has 0 amide bonds. The molecule has 0 spiro atoms. The first kappa shape index (κ1) is 21.3. The van der Waals surface area contributed by atoms with E-state index in [1.54, 1.807) is 0 Å². The van der Waals surface area contributed by atoms with Crippen LogP contribution in [0.25, 0.3) is 0 Å². The number of aliphatic hydroxyl groups excluding tert-OH is 1. The van der Waals surface area contributed by atoms with E-state index in [0.717, 1.165) is 19.3 Å². The molecule has 0 saturated carbocycles. The third-order valence-corrected chi connectivity index (χ3v) is 3.17. The second-order valence-corrected chi connectivity index (χ2v) is 5.69. The molecule has 0 aromatic carbocycles. The lowest BCUT2D eigenvalue weighted by molar-refractivity contribution is -0.141. The van der Waals surface area contributed by atoms with Gasteiger partial charge in [0.1, 0.15) is 0 Å². The summed E-state index contributed by atoms with van der Waals surface area (Å²) in [4.78, 5) is 10.9. The predicted molar refractivity (Wildman–Crippen MR) is 83.9 cm³/mol. The van der Waals surface area contributed by atoms with E-state index in [1.165, 1.54) is 7.11 Å². The van der Waals surface area contributed by atoms with E-state index < -0.39 is 0 Å². The van der Waals surface area contributed by atoms with Crippen LogP contribution < -0.4 is 0 Å². The average molecular weight is 320 g/mol. The number of rotatable bonds is 15. The largest absolute Gasteiger partial charge is 0.469 e. The van der Waals surface area contributed by atoms with Crippen LogP contribution >= 0.6 is 0 Å². The van der Waals surface area contributed by atoms with Crippen molar-refractivity contribution in [1.29, 1.82) is 0 Å². The van der Waals surface area contributed by atoms with Crippen molar-refractivity contribution in [2.45, 2.75) is 51.6 Å². The highest BCUT2D eigenvalue weighted by atomic mass is 16.5. The lowest BCUT2D eigenvalue weighted by atomic mass is 10.0. The minimum Gasteiger partial charge on any atom is -0.469 e. The van der Waals surface area contributed by atoms with Crippen LogP contribution in [0.5, 0.6) is 0 Å². The predicted octanol–water partition coefficient (Wildman–Crippen LogP) is 1.93. The van der Waals surface area contributed by atoms with Gasteiger partial charge in [-0.2, -0.15) is 0 Å². The Morgan fingerprint density at radius 1 is 0.955 bits per heavy atom. The monoisotopic (exact) mass is 320 g/mol. The van der Waals surface area contributed by atoms with Crippen LogP contribution in [-0.4, -0.2) is 63.4 Å². The third-order valence-electron chi connectivity index (χ3n) is 3.17. The maximum absolute atomic E-state index is 10.9. The van der Waals surface area contributed by atoms with E-state index in [-0.39, 0.29) is 18.2 Å². The number of carbonyl (C=O) groups is 1. The number of methoxy groups -OCH3 is 1. The van der Waals surface area contributed by atoms with Crippen molar-refractivity contribution in [3.05, 3.63) is 0 Å². The Kier molecular flexibility index (Phi) is 13.5. The molecule has 0 saturated heterocycles. The molecular weight excluding hydrogens is 288 g/mol. The molecule has 0 aliphatic heterocycles. The number of hydrogen-bond donors (Lipinski definition) is 1. The zero-order valence-electron chi connectivity index (χ0n) is 14.3. The molecule has 0 aromatic heterocycles. The summed E-state index contributed by atoms with van der Waals surface area (Å²) in [5.74, 6) is -0.205. The summed E-state index contributed by atoms with van der Waals surface area (Å²) < 4.78 is 21.0. The van der Waals surface area contributed by atoms with Gasteiger partial charge in [-0.25, -0.2) is 0 Å². The molecule has 0 fully saturated rings. The standard InChI is InChI=1S/C16H32O6/c1-16(2,8-4-5-10-20-12-9-17)22-14-13-21-11-6-7-15(18)19-3/h17H,4-14H2,1-3H3. The first-order chi connectivity index (χ1) is 10.5. The van der Waals surface area contributed by atoms with Crippen molar-refractivity contribution in [3.8, 4) is 0 Å². The molecule has 0 radical (unpaired) electrons. The first-order valence-corrected chi connectivity index (χ1v) is 7.99. The van der Waals surface area contributed by atoms with E-state index in [9.17, 15) is 4.79 Å². The Morgan fingerprint density at radius 3 is 2.32 bits per heavy atom. The minimum absolute atomic E-state index is 0.0776. The van der Waals surface area contributed by atoms with Crippen molar-refractivity contribution in [3.63, 3.8) is 0 Å². The van der Waals surface area contributed by atoms with Gasteiger partial charge in [0, 0.05) is 19.6 Å². The molecule has 22 heavy (non-hydrogen) atoms. The molecule has 0 atom stereocenters. The van der Waals surface area contributed by atoms with Gasteiger partial charge in [-0.15, -0.1) is 0 Å². The van der Waals surface area contributed by atoms with Gasteiger partial charge in [0.25, 0.3) is 0 Å². The highest BCUT2D eigenvalue weighted by Gasteiger charge is 2.17. The van der Waals surface area contributed by atoms with Gasteiger partial charge >= 0.3 is 5.97 Å². The van der Waals surface area contributed by atoms with Crippen LogP contribution in [0.2, 0.25) is 0 Å². The van der Waals surface area contributed by atoms with E-state index >= 15 is 0 Å². The normalized spacial score (nSPS) is 11.6. The van der Waals surface area contributed by atoms with Crippen LogP contribution in [0.4, 0.5) is 0 Å². The highest BCUT2D eigenvalue weighted by molar-refractivity contribution is 5.68. The number of unbranched alkanes of at least 4 members (excludes halogenated alkanes) is 1. The van der Waals surface area contributed by atoms with Crippen LogP contribution in [0.15, 0.2) is 0 Å². The summed E-state index contributed by atoms with van der Waals surface area (Å²) in [7, 11) is 1.39. The van der Waals surface area contributed by atoms with Gasteiger partial charge < -0.3 is 24.1 Å².